The first-order valence-corrected chi connectivity index (χ1v) is 6.93. The van der Waals surface area contributed by atoms with Crippen molar-refractivity contribution in [1.29, 1.82) is 0 Å². The molecule has 1 heterocycles. The normalized spacial score (nSPS) is 21.6. The summed E-state index contributed by atoms with van der Waals surface area (Å²) < 4.78 is 0. The van der Waals surface area contributed by atoms with Crippen LogP contribution in [-0.2, 0) is 4.79 Å². The third-order valence-corrected chi connectivity index (χ3v) is 3.84. The summed E-state index contributed by atoms with van der Waals surface area (Å²) in [6, 6.07) is 6.25. The van der Waals surface area contributed by atoms with Crippen molar-refractivity contribution in [2.75, 3.05) is 18.4 Å². The van der Waals surface area contributed by atoms with Crippen LogP contribution in [0.4, 0.5) is 5.69 Å². The van der Waals surface area contributed by atoms with Crippen LogP contribution < -0.4 is 10.6 Å². The van der Waals surface area contributed by atoms with Crippen LogP contribution in [-0.4, -0.2) is 30.1 Å². The molecule has 0 bridgehead atoms. The molecule has 108 valence electrons. The molecular formula is C15H20N2O3. The summed E-state index contributed by atoms with van der Waals surface area (Å²) in [6.45, 7) is 3.65. The number of amides is 1. The molecule has 1 aromatic rings. The van der Waals surface area contributed by atoms with Crippen LogP contribution in [0, 0.1) is 5.41 Å². The Morgan fingerprint density at radius 1 is 1.35 bits per heavy atom. The first-order valence-electron chi connectivity index (χ1n) is 6.93. The van der Waals surface area contributed by atoms with Crippen molar-refractivity contribution < 1.29 is 14.7 Å². The first-order chi connectivity index (χ1) is 9.57. The second-order valence-electron chi connectivity index (χ2n) is 5.29. The smallest absolute Gasteiger partial charge is 0.335 e. The summed E-state index contributed by atoms with van der Waals surface area (Å²) in [6.07, 6.45) is 2.67. The average molecular weight is 276 g/mol. The Labute approximate surface area is 118 Å². The van der Waals surface area contributed by atoms with Crippen LogP contribution in [0.2, 0.25) is 0 Å². The van der Waals surface area contributed by atoms with E-state index in [4.69, 9.17) is 5.11 Å². The predicted octanol–water partition coefficient (Wildman–Crippen LogP) is 2.10. The summed E-state index contributed by atoms with van der Waals surface area (Å²) in [5, 5.41) is 15.0. The molecule has 3 N–H and O–H groups in total. The molecule has 0 radical (unpaired) electrons. The molecule has 20 heavy (non-hydrogen) atoms. The number of carboxylic acid groups (broad SMARTS) is 1. The van der Waals surface area contributed by atoms with E-state index in [1.807, 2.05) is 0 Å². The number of carbonyl (C=O) groups excluding carboxylic acids is 1. The van der Waals surface area contributed by atoms with Crippen molar-refractivity contribution >= 4 is 17.6 Å². The fourth-order valence-corrected chi connectivity index (χ4v) is 2.70. The van der Waals surface area contributed by atoms with Gasteiger partial charge in [-0.05, 0) is 43.7 Å². The molecule has 1 unspecified atom stereocenters. The average Bonchev–Trinajstić information content (AvgIpc) is 2.89. The van der Waals surface area contributed by atoms with Crippen LogP contribution >= 0.6 is 0 Å². The second kappa shape index (κ2) is 6.05. The lowest BCUT2D eigenvalue weighted by Gasteiger charge is -2.26. The second-order valence-corrected chi connectivity index (χ2v) is 5.29. The van der Waals surface area contributed by atoms with Crippen molar-refractivity contribution in [3.63, 3.8) is 0 Å². The van der Waals surface area contributed by atoms with Gasteiger partial charge >= 0.3 is 5.97 Å². The van der Waals surface area contributed by atoms with Crippen LogP contribution in [0.3, 0.4) is 0 Å². The van der Waals surface area contributed by atoms with Crippen molar-refractivity contribution in [1.82, 2.24) is 5.32 Å². The van der Waals surface area contributed by atoms with Gasteiger partial charge in [-0.15, -0.1) is 0 Å². The molecule has 1 aromatic carbocycles. The van der Waals surface area contributed by atoms with E-state index in [1.54, 1.807) is 12.1 Å². The number of nitrogens with one attached hydrogen (secondary N) is 2. The van der Waals surface area contributed by atoms with Gasteiger partial charge in [-0.2, -0.15) is 0 Å². The Morgan fingerprint density at radius 2 is 2.05 bits per heavy atom. The van der Waals surface area contributed by atoms with Crippen molar-refractivity contribution in [3.05, 3.63) is 29.8 Å². The van der Waals surface area contributed by atoms with Gasteiger partial charge in [0.05, 0.1) is 11.0 Å². The molecular weight excluding hydrogens is 256 g/mol. The highest BCUT2D eigenvalue weighted by Crippen LogP contribution is 2.32. The summed E-state index contributed by atoms with van der Waals surface area (Å²) in [4.78, 5) is 23.3. The monoisotopic (exact) mass is 276 g/mol. The Hall–Kier alpha value is -1.88. The molecule has 5 nitrogen and oxygen atoms in total. The van der Waals surface area contributed by atoms with Crippen LogP contribution in [0.15, 0.2) is 24.3 Å². The van der Waals surface area contributed by atoms with Gasteiger partial charge in [0.25, 0.3) is 0 Å². The van der Waals surface area contributed by atoms with Gasteiger partial charge in [0, 0.05) is 12.2 Å². The maximum atomic E-state index is 12.5. The molecule has 1 atom stereocenters. The zero-order valence-electron chi connectivity index (χ0n) is 11.6. The Morgan fingerprint density at radius 3 is 2.55 bits per heavy atom. The van der Waals surface area contributed by atoms with E-state index in [2.05, 4.69) is 17.6 Å². The van der Waals surface area contributed by atoms with E-state index < -0.39 is 5.97 Å². The molecule has 0 aliphatic carbocycles. The number of hydrogen-bond acceptors (Lipinski definition) is 3. The fraction of sp³-hybridized carbons (Fsp3) is 0.467. The zero-order chi connectivity index (χ0) is 14.6. The highest BCUT2D eigenvalue weighted by atomic mass is 16.4. The predicted molar refractivity (Wildman–Crippen MR) is 76.9 cm³/mol. The standard InChI is InChI=1S/C15H20N2O3/c1-2-7-15(8-9-16-10-15)14(20)17-12-5-3-11(4-6-12)13(18)19/h3-6,16H,2,7-10H2,1H3,(H,17,20)(H,18,19). The van der Waals surface area contributed by atoms with Gasteiger partial charge in [0.2, 0.25) is 5.91 Å². The van der Waals surface area contributed by atoms with Crippen molar-refractivity contribution in [2.45, 2.75) is 26.2 Å². The molecule has 1 saturated heterocycles. The lowest BCUT2D eigenvalue weighted by atomic mass is 9.81. The van der Waals surface area contributed by atoms with Gasteiger partial charge in [0.15, 0.2) is 0 Å². The first kappa shape index (κ1) is 14.5. The van der Waals surface area contributed by atoms with E-state index in [-0.39, 0.29) is 16.9 Å². The van der Waals surface area contributed by atoms with Gasteiger partial charge < -0.3 is 15.7 Å². The minimum Gasteiger partial charge on any atom is -0.478 e. The minimum atomic E-state index is -0.967. The highest BCUT2D eigenvalue weighted by Gasteiger charge is 2.40. The molecule has 0 spiro atoms. The Kier molecular flexibility index (Phi) is 4.39. The number of aromatic carboxylic acids is 1. The molecule has 1 amide bonds. The van der Waals surface area contributed by atoms with Crippen LogP contribution in [0.1, 0.15) is 36.5 Å². The van der Waals surface area contributed by atoms with E-state index in [0.717, 1.165) is 25.8 Å². The van der Waals surface area contributed by atoms with Crippen molar-refractivity contribution in [3.8, 4) is 0 Å². The maximum Gasteiger partial charge on any atom is 0.335 e. The number of anilines is 1. The van der Waals surface area contributed by atoms with Gasteiger partial charge in [0.1, 0.15) is 0 Å². The van der Waals surface area contributed by atoms with Gasteiger partial charge in [-0.25, -0.2) is 4.79 Å². The third kappa shape index (κ3) is 2.99. The quantitative estimate of drug-likeness (QED) is 0.769. The summed E-state index contributed by atoms with van der Waals surface area (Å²) in [7, 11) is 0. The summed E-state index contributed by atoms with van der Waals surface area (Å²) >= 11 is 0. The minimum absolute atomic E-state index is 0.0208. The molecule has 0 aromatic heterocycles. The number of hydrogen-bond donors (Lipinski definition) is 3. The Bertz CT molecular complexity index is 490. The Balaban J connectivity index is 2.08. The molecule has 0 saturated carbocycles. The van der Waals surface area contributed by atoms with Gasteiger partial charge in [-0.3, -0.25) is 4.79 Å². The van der Waals surface area contributed by atoms with E-state index in [1.165, 1.54) is 12.1 Å². The fourth-order valence-electron chi connectivity index (χ4n) is 2.70. The summed E-state index contributed by atoms with van der Waals surface area (Å²) in [5.41, 5.74) is 0.524. The number of rotatable bonds is 5. The topological polar surface area (TPSA) is 78.4 Å². The molecule has 1 aliphatic heterocycles. The van der Waals surface area contributed by atoms with Gasteiger partial charge in [-0.1, -0.05) is 13.3 Å². The third-order valence-electron chi connectivity index (χ3n) is 3.84. The van der Waals surface area contributed by atoms with Crippen LogP contribution in [0.5, 0.6) is 0 Å². The zero-order valence-corrected chi connectivity index (χ0v) is 11.6. The molecule has 1 aliphatic rings. The van der Waals surface area contributed by atoms with E-state index in [9.17, 15) is 9.59 Å². The number of carbonyl (C=O) groups is 2. The van der Waals surface area contributed by atoms with Crippen molar-refractivity contribution in [2.24, 2.45) is 5.41 Å². The van der Waals surface area contributed by atoms with Crippen LogP contribution in [0.25, 0.3) is 0 Å². The van der Waals surface area contributed by atoms with E-state index in [0.29, 0.717) is 12.2 Å². The number of benzene rings is 1. The molecule has 2 rings (SSSR count). The number of carboxylic acids is 1. The van der Waals surface area contributed by atoms with E-state index >= 15 is 0 Å². The maximum absolute atomic E-state index is 12.5. The molecule has 5 heteroatoms. The summed E-state index contributed by atoms with van der Waals surface area (Å²) in [5.74, 6) is -0.947. The SMILES string of the molecule is CCCC1(C(=O)Nc2ccc(C(=O)O)cc2)CCNC1. The molecule has 1 fully saturated rings. The highest BCUT2D eigenvalue weighted by molar-refractivity contribution is 5.96. The largest absolute Gasteiger partial charge is 0.478 e. The lowest BCUT2D eigenvalue weighted by molar-refractivity contribution is -0.125. The lowest BCUT2D eigenvalue weighted by Crippen LogP contribution is -2.38.